The highest BCUT2D eigenvalue weighted by Crippen LogP contribution is 2.39. The minimum absolute atomic E-state index is 0.0239. The Morgan fingerprint density at radius 3 is 2.27 bits per heavy atom. The molecule has 4 aromatic carbocycles. The van der Waals surface area contributed by atoms with E-state index in [1.54, 1.807) is 0 Å². The number of carbonyl (C=O) groups is 1. The van der Waals surface area contributed by atoms with E-state index in [9.17, 15) is 9.90 Å². The van der Waals surface area contributed by atoms with Crippen LogP contribution in [0.25, 0.3) is 22.2 Å². The highest BCUT2D eigenvalue weighted by atomic mass is 16.7. The Balaban J connectivity index is 1.06. The molecule has 0 aliphatic carbocycles. The fraction of sp³-hybridized carbons (Fsp3) is 0.341. The van der Waals surface area contributed by atoms with Crippen molar-refractivity contribution in [1.82, 2.24) is 20.2 Å². The van der Waals surface area contributed by atoms with Crippen LogP contribution in [-0.4, -0.2) is 51.6 Å². The third kappa shape index (κ3) is 8.23. The molecule has 0 bridgehead atoms. The quantitative estimate of drug-likeness (QED) is 0.169. The number of amides is 1. The monoisotopic (exact) mass is 656 g/mol. The lowest BCUT2D eigenvalue weighted by molar-refractivity contribution is -0.253. The van der Waals surface area contributed by atoms with Gasteiger partial charge in [-0.1, -0.05) is 104 Å². The van der Waals surface area contributed by atoms with E-state index >= 15 is 0 Å². The van der Waals surface area contributed by atoms with Crippen LogP contribution in [0.4, 0.5) is 0 Å². The van der Waals surface area contributed by atoms with E-state index in [0.29, 0.717) is 17.8 Å². The molecule has 0 unspecified atom stereocenters. The molecule has 1 amide bonds. The summed E-state index contributed by atoms with van der Waals surface area (Å²) in [6.45, 7) is 3.51. The number of carbonyl (C=O) groups excluding carboxylic acids is 1. The van der Waals surface area contributed by atoms with Gasteiger partial charge in [0.05, 0.1) is 36.0 Å². The van der Waals surface area contributed by atoms with Crippen LogP contribution in [-0.2, 0) is 22.6 Å². The van der Waals surface area contributed by atoms with E-state index in [0.717, 1.165) is 65.0 Å². The molecule has 2 aliphatic heterocycles. The number of aliphatic hydroxyl groups excluding tert-OH is 1. The number of para-hydroxylation sites is 2. The molecule has 8 heteroatoms. The van der Waals surface area contributed by atoms with Gasteiger partial charge in [-0.05, 0) is 65.9 Å². The summed E-state index contributed by atoms with van der Waals surface area (Å²) in [5.41, 5.74) is 7.79. The van der Waals surface area contributed by atoms with Crippen LogP contribution in [0.5, 0.6) is 0 Å². The van der Waals surface area contributed by atoms with Crippen LogP contribution < -0.4 is 5.32 Å². The zero-order valence-corrected chi connectivity index (χ0v) is 27.8. The largest absolute Gasteiger partial charge is 0.392 e. The van der Waals surface area contributed by atoms with Crippen molar-refractivity contribution in [3.05, 3.63) is 131 Å². The number of aromatic nitrogens is 2. The number of aliphatic hydroxyl groups is 1. The lowest BCUT2D eigenvalue weighted by atomic mass is 9.97. The number of fused-ring (bicyclic) bond motifs is 1. The van der Waals surface area contributed by atoms with Gasteiger partial charge < -0.3 is 24.8 Å². The predicted molar refractivity (Wildman–Crippen MR) is 191 cm³/mol. The summed E-state index contributed by atoms with van der Waals surface area (Å²) in [4.78, 5) is 24.5. The van der Waals surface area contributed by atoms with E-state index < -0.39 is 6.29 Å². The van der Waals surface area contributed by atoms with Crippen molar-refractivity contribution >= 4 is 16.9 Å². The summed E-state index contributed by atoms with van der Waals surface area (Å²) >= 11 is 0. The topological polar surface area (TPSA) is 96.8 Å². The molecule has 2 saturated heterocycles. The molecule has 5 aromatic rings. The van der Waals surface area contributed by atoms with Gasteiger partial charge in [0.25, 0.3) is 5.91 Å². The first kappa shape index (κ1) is 33.0. The smallest absolute Gasteiger partial charge is 0.271 e. The maximum atomic E-state index is 13.0. The third-order valence-corrected chi connectivity index (χ3v) is 9.66. The maximum Gasteiger partial charge on any atom is 0.271 e. The van der Waals surface area contributed by atoms with Gasteiger partial charge in [-0.2, -0.15) is 0 Å². The molecule has 2 fully saturated rings. The fourth-order valence-corrected chi connectivity index (χ4v) is 6.93. The van der Waals surface area contributed by atoms with E-state index in [4.69, 9.17) is 9.47 Å². The van der Waals surface area contributed by atoms with Crippen molar-refractivity contribution in [2.24, 2.45) is 0 Å². The number of likely N-dealkylation sites (tertiary alicyclic amines) is 1. The third-order valence-electron chi connectivity index (χ3n) is 9.66. The zero-order chi connectivity index (χ0) is 33.4. The first-order valence-electron chi connectivity index (χ1n) is 17.5. The summed E-state index contributed by atoms with van der Waals surface area (Å²) in [5, 5.41) is 12.6. The number of hydrogen-bond acceptors (Lipinski definition) is 7. The highest BCUT2D eigenvalue weighted by Gasteiger charge is 2.33. The molecule has 252 valence electrons. The van der Waals surface area contributed by atoms with Crippen LogP contribution in [0.15, 0.2) is 103 Å². The number of ether oxygens (including phenoxy) is 2. The van der Waals surface area contributed by atoms with Gasteiger partial charge in [-0.25, -0.2) is 4.98 Å². The molecule has 0 radical (unpaired) electrons. The summed E-state index contributed by atoms with van der Waals surface area (Å²) in [6, 6.07) is 32.1. The number of nitrogens with zero attached hydrogens (tertiary/aromatic N) is 3. The molecule has 3 atom stereocenters. The second-order valence-electron chi connectivity index (χ2n) is 13.1. The van der Waals surface area contributed by atoms with Crippen LogP contribution in [0.1, 0.15) is 83.7 Å². The van der Waals surface area contributed by atoms with Crippen molar-refractivity contribution in [2.45, 2.75) is 70.2 Å². The Kier molecular flexibility index (Phi) is 10.7. The average Bonchev–Trinajstić information content (AvgIpc) is 3.15. The molecule has 7 rings (SSSR count). The molecular weight excluding hydrogens is 612 g/mol. The van der Waals surface area contributed by atoms with Crippen LogP contribution in [0.2, 0.25) is 0 Å². The molecule has 2 aliphatic rings. The summed E-state index contributed by atoms with van der Waals surface area (Å²) < 4.78 is 13.3. The Morgan fingerprint density at radius 1 is 0.796 bits per heavy atom. The molecule has 3 heterocycles. The Hall–Kier alpha value is -4.47. The minimum Gasteiger partial charge on any atom is -0.392 e. The molecule has 0 saturated carbocycles. The highest BCUT2D eigenvalue weighted by molar-refractivity contribution is 5.93. The summed E-state index contributed by atoms with van der Waals surface area (Å²) in [5.74, 6) is -0.263. The Labute approximate surface area is 288 Å². The lowest BCUT2D eigenvalue weighted by Gasteiger charge is -2.39. The van der Waals surface area contributed by atoms with E-state index in [-0.39, 0.29) is 24.7 Å². The van der Waals surface area contributed by atoms with E-state index in [1.165, 1.54) is 38.3 Å². The van der Waals surface area contributed by atoms with Crippen molar-refractivity contribution in [3.8, 4) is 11.1 Å². The van der Waals surface area contributed by atoms with Crippen molar-refractivity contribution in [3.63, 3.8) is 0 Å². The second kappa shape index (κ2) is 15.8. The Bertz CT molecular complexity index is 1840. The number of benzene rings is 4. The molecule has 8 nitrogen and oxygen atoms in total. The first-order valence-corrected chi connectivity index (χ1v) is 17.5. The number of hydrogen-bond donors (Lipinski definition) is 2. The van der Waals surface area contributed by atoms with Crippen molar-refractivity contribution in [1.29, 1.82) is 0 Å². The lowest BCUT2D eigenvalue weighted by Crippen LogP contribution is -2.40. The number of rotatable bonds is 9. The van der Waals surface area contributed by atoms with Crippen molar-refractivity contribution in [2.75, 3.05) is 19.6 Å². The van der Waals surface area contributed by atoms with Crippen molar-refractivity contribution < 1.29 is 19.4 Å². The van der Waals surface area contributed by atoms with Gasteiger partial charge in [-0.15, -0.1) is 0 Å². The average molecular weight is 657 g/mol. The van der Waals surface area contributed by atoms with Gasteiger partial charge >= 0.3 is 0 Å². The van der Waals surface area contributed by atoms with E-state index in [2.05, 4.69) is 62.6 Å². The molecule has 0 spiro atoms. The molecular formula is C41H44N4O4. The Morgan fingerprint density at radius 2 is 1.49 bits per heavy atom. The fourth-order valence-electron chi connectivity index (χ4n) is 6.93. The molecule has 49 heavy (non-hydrogen) atoms. The summed E-state index contributed by atoms with van der Waals surface area (Å²) in [6.07, 6.45) is 8.15. The van der Waals surface area contributed by atoms with Gasteiger partial charge in [0.2, 0.25) is 0 Å². The van der Waals surface area contributed by atoms with Crippen LogP contribution in [0, 0.1) is 0 Å². The van der Waals surface area contributed by atoms with Crippen LogP contribution >= 0.6 is 0 Å². The van der Waals surface area contributed by atoms with Gasteiger partial charge in [0.15, 0.2) is 6.29 Å². The van der Waals surface area contributed by atoms with Crippen LogP contribution in [0.3, 0.4) is 0 Å². The molecule has 1 aromatic heterocycles. The predicted octanol–water partition coefficient (Wildman–Crippen LogP) is 7.53. The standard InChI is InChI=1S/C41H44N4O4/c46-28-29-14-16-31(17-15-29)39-24-34(27-45-22-8-2-1-3-9-23-45)48-41(49-39)32-20-18-30(19-21-32)35-11-5-4-10-33(35)25-43-40(47)38-26-42-36-12-6-7-13-37(36)44-38/h4-7,10-21,26,34,39,41,46H,1-3,8-9,22-25,27-28H2,(H,43,47)/t34-,39+,41+/m1/s1. The zero-order valence-electron chi connectivity index (χ0n) is 27.8. The van der Waals surface area contributed by atoms with Gasteiger partial charge in [0.1, 0.15) is 5.69 Å². The van der Waals surface area contributed by atoms with Gasteiger partial charge in [0, 0.05) is 25.1 Å². The minimum atomic E-state index is -0.498. The first-order chi connectivity index (χ1) is 24.1. The normalized spacial score (nSPS) is 20.4. The molecule has 2 N–H and O–H groups in total. The van der Waals surface area contributed by atoms with Gasteiger partial charge in [-0.3, -0.25) is 9.78 Å². The van der Waals surface area contributed by atoms with E-state index in [1.807, 2.05) is 54.6 Å². The second-order valence-corrected chi connectivity index (χ2v) is 13.1. The number of nitrogens with one attached hydrogen (secondary N) is 1. The SMILES string of the molecule is O=C(NCc1ccccc1-c1ccc([C@H]2O[C@@H](CN3CCCCCCC3)C[C@@H](c3ccc(CO)cc3)O2)cc1)c1cnc2ccccc2n1. The summed E-state index contributed by atoms with van der Waals surface area (Å²) in [7, 11) is 0. The maximum absolute atomic E-state index is 13.0.